The van der Waals surface area contributed by atoms with Crippen LogP contribution in [0.25, 0.3) is 115 Å². The molecule has 16 heteroatoms. The maximum atomic E-state index is 17.2. The van der Waals surface area contributed by atoms with Gasteiger partial charge in [0.2, 0.25) is 0 Å². The van der Waals surface area contributed by atoms with E-state index in [4.69, 9.17) is 27.0 Å². The van der Waals surface area contributed by atoms with Crippen LogP contribution in [-0.2, 0) is 12.8 Å². The SMILES string of the molecule is CCCCCCCCCCCCOc1c(C)c(-c2ccc(-c3cc(F)c(-c4ccc(-c5c(OCCCCCCCCCCCC)c(C)c(-c6cc7c(-c8ccc(CCCCCCCC)s8)c8sc(C)cc8c(-c8ccc(CCCCCCCC)s8)c7s6)c6nsnc56)s4)cc3F)s2)c2nsnc2c1C. The topological polar surface area (TPSA) is 70.0 Å². The minimum atomic E-state index is -0.485. The van der Waals surface area contributed by atoms with Crippen molar-refractivity contribution in [2.75, 3.05) is 13.2 Å². The van der Waals surface area contributed by atoms with Crippen molar-refractivity contribution in [2.45, 2.75) is 274 Å². The zero-order valence-corrected chi connectivity index (χ0v) is 69.5. The molecular formula is C88H108F2N4O2S8. The second-order valence-electron chi connectivity index (χ2n) is 29.1. The standard InChI is InChI=1S/C88H108F2N4O2S8/c1-9-13-17-21-25-27-29-31-35-39-51-95-85-58(6)76(82-81(60(85)8)91-103-92-82)71-49-47-69(100-71)63-54-68(90)64(55-67(63)89)70-48-50-74(101-70)80-84-83(93-104-94-84)77(59(7)86(80)96-52-40-36-32-30-28-26-22-18-14-10-2)75-56-66-79(73-46-44-62(99-73)42-38-34-24-20-16-12-4)87-65(53-57(5)97-87)78(88(66)102-75)72-45-43-61(98-72)41-37-33-23-19-15-11-3/h43-50,53-56H,9-42,51-52H2,1-8H3. The first-order chi connectivity index (χ1) is 51.0. The smallest absolute Gasteiger partial charge is 0.133 e. The maximum Gasteiger partial charge on any atom is 0.133 e. The summed E-state index contributed by atoms with van der Waals surface area (Å²) in [7, 11) is 0. The predicted molar refractivity (Wildman–Crippen MR) is 456 cm³/mol. The van der Waals surface area contributed by atoms with Gasteiger partial charge in [-0.3, -0.25) is 0 Å². The Morgan fingerprint density at radius 2 is 0.663 bits per heavy atom. The molecule has 0 bridgehead atoms. The molecule has 12 aromatic rings. The molecule has 6 nitrogen and oxygen atoms in total. The average molecular weight is 1550 g/mol. The van der Waals surface area contributed by atoms with Crippen molar-refractivity contribution in [2.24, 2.45) is 0 Å². The summed E-state index contributed by atoms with van der Waals surface area (Å²) in [5, 5.41) is 2.63. The fourth-order valence-corrected chi connectivity index (χ4v) is 23.4. The summed E-state index contributed by atoms with van der Waals surface area (Å²) >= 11 is 13.1. The zero-order chi connectivity index (χ0) is 72.3. The molecule has 0 aliphatic rings. The van der Waals surface area contributed by atoms with Crippen molar-refractivity contribution in [1.29, 1.82) is 0 Å². The van der Waals surface area contributed by atoms with E-state index in [0.29, 0.717) is 23.0 Å². The van der Waals surface area contributed by atoms with E-state index < -0.39 is 11.6 Å². The number of unbranched alkanes of at least 4 members (excludes halogenated alkanes) is 28. The molecule has 8 heterocycles. The molecule has 4 aromatic carbocycles. The van der Waals surface area contributed by atoms with E-state index >= 15 is 8.78 Å². The molecule has 0 saturated carbocycles. The van der Waals surface area contributed by atoms with Gasteiger partial charge in [-0.15, -0.1) is 68.0 Å². The number of rotatable bonds is 45. The Hall–Kier alpha value is -5.30. The highest BCUT2D eigenvalue weighted by atomic mass is 32.1. The normalized spacial score (nSPS) is 12.0. The minimum Gasteiger partial charge on any atom is -0.493 e. The third-order valence-electron chi connectivity index (χ3n) is 21.0. The number of ether oxygens (including phenoxy) is 2. The minimum absolute atomic E-state index is 0.217. The summed E-state index contributed by atoms with van der Waals surface area (Å²) in [6.45, 7) is 19.0. The van der Waals surface area contributed by atoms with Crippen LogP contribution in [0.2, 0.25) is 0 Å². The highest BCUT2D eigenvalue weighted by molar-refractivity contribution is 7.25. The van der Waals surface area contributed by atoms with Crippen molar-refractivity contribution >= 4 is 134 Å². The predicted octanol–water partition coefficient (Wildman–Crippen LogP) is 32.0. The number of hydrogen-bond donors (Lipinski definition) is 0. The van der Waals surface area contributed by atoms with Crippen LogP contribution in [0.1, 0.15) is 264 Å². The third kappa shape index (κ3) is 18.9. The van der Waals surface area contributed by atoms with Crippen LogP contribution in [-0.4, -0.2) is 30.7 Å². The van der Waals surface area contributed by atoms with Crippen LogP contribution in [0.3, 0.4) is 0 Å². The summed E-state index contributed by atoms with van der Waals surface area (Å²) in [4.78, 5) is 11.1. The summed E-state index contributed by atoms with van der Waals surface area (Å²) < 4.78 is 70.6. The lowest BCUT2D eigenvalue weighted by molar-refractivity contribution is 0.301. The summed E-state index contributed by atoms with van der Waals surface area (Å²) in [5.41, 5.74) is 12.2. The van der Waals surface area contributed by atoms with E-state index in [-0.39, 0.29) is 11.1 Å². The Morgan fingerprint density at radius 1 is 0.308 bits per heavy atom. The molecule has 0 atom stereocenters. The molecule has 0 spiro atoms. The monoisotopic (exact) mass is 1550 g/mol. The number of thiophene rings is 6. The molecule has 12 rings (SSSR count). The number of benzene rings is 4. The largest absolute Gasteiger partial charge is 0.493 e. The lowest BCUT2D eigenvalue weighted by Gasteiger charge is -2.17. The fraction of sp³-hybridized carbons (Fsp3) is 0.500. The number of nitrogens with zero attached hydrogens (tertiary/aromatic N) is 4. The number of hydrogen-bond acceptors (Lipinski definition) is 14. The lowest BCUT2D eigenvalue weighted by atomic mass is 9.96. The Kier molecular flexibility index (Phi) is 29.5. The Balaban J connectivity index is 0.873. The van der Waals surface area contributed by atoms with Crippen molar-refractivity contribution in [3.8, 4) is 84.6 Å². The third-order valence-corrected chi connectivity index (χ3v) is 28.9. The highest BCUT2D eigenvalue weighted by Gasteiger charge is 2.30. The fourth-order valence-electron chi connectivity index (χ4n) is 15.3. The maximum absolute atomic E-state index is 17.2. The average Bonchev–Trinajstić information content (AvgIpc) is 1.55. The summed E-state index contributed by atoms with van der Waals surface area (Å²) in [6.07, 6.45) is 42.6. The van der Waals surface area contributed by atoms with Crippen molar-refractivity contribution in [1.82, 2.24) is 17.5 Å². The first-order valence-electron chi connectivity index (χ1n) is 39.7. The van der Waals surface area contributed by atoms with Gasteiger partial charge < -0.3 is 9.47 Å². The van der Waals surface area contributed by atoms with Crippen molar-refractivity contribution in [3.63, 3.8) is 0 Å². The molecule has 0 N–H and O–H groups in total. The number of aromatic nitrogens is 4. The summed E-state index contributed by atoms with van der Waals surface area (Å²) in [5.74, 6) is 0.655. The van der Waals surface area contributed by atoms with Crippen LogP contribution < -0.4 is 9.47 Å². The molecule has 8 aromatic heterocycles. The quantitative estimate of drug-likeness (QED) is 0.0354. The number of halogens is 2. The molecule has 0 radical (unpaired) electrons. The first-order valence-corrected chi connectivity index (χ1v) is 46.0. The summed E-state index contributed by atoms with van der Waals surface area (Å²) in [6, 6.07) is 25.2. The van der Waals surface area contributed by atoms with Crippen LogP contribution in [0.5, 0.6) is 11.5 Å². The van der Waals surface area contributed by atoms with E-state index in [2.05, 4.69) is 91.8 Å². The molecule has 554 valence electrons. The lowest BCUT2D eigenvalue weighted by Crippen LogP contribution is -2.02. The second-order valence-corrected chi connectivity index (χ2v) is 36.9. The van der Waals surface area contributed by atoms with Gasteiger partial charge in [-0.05, 0) is 139 Å². The van der Waals surface area contributed by atoms with Gasteiger partial charge in [-0.25, -0.2) is 8.78 Å². The van der Waals surface area contributed by atoms with Gasteiger partial charge in [-0.1, -0.05) is 207 Å². The molecule has 0 fully saturated rings. The van der Waals surface area contributed by atoms with E-state index in [1.165, 1.54) is 294 Å². The molecule has 0 aliphatic heterocycles. The van der Waals surface area contributed by atoms with E-state index in [9.17, 15) is 0 Å². The molecular weight excluding hydrogens is 1440 g/mol. The first kappa shape index (κ1) is 78.3. The Labute approximate surface area is 651 Å². The van der Waals surface area contributed by atoms with E-state index in [1.807, 2.05) is 69.6 Å². The zero-order valence-electron chi connectivity index (χ0n) is 63.0. The molecule has 104 heavy (non-hydrogen) atoms. The molecule has 0 amide bonds. The van der Waals surface area contributed by atoms with Gasteiger partial charge in [0.05, 0.1) is 42.2 Å². The Morgan fingerprint density at radius 3 is 1.15 bits per heavy atom. The van der Waals surface area contributed by atoms with Gasteiger partial charge in [-0.2, -0.15) is 17.5 Å². The van der Waals surface area contributed by atoms with Crippen LogP contribution >= 0.6 is 91.5 Å². The van der Waals surface area contributed by atoms with Gasteiger partial charge in [0.1, 0.15) is 45.2 Å². The van der Waals surface area contributed by atoms with Crippen molar-refractivity contribution < 1.29 is 18.3 Å². The van der Waals surface area contributed by atoms with Gasteiger partial charge >= 0.3 is 0 Å². The number of fused-ring (bicyclic) bond motifs is 4. The van der Waals surface area contributed by atoms with Crippen LogP contribution in [0, 0.1) is 39.3 Å². The van der Waals surface area contributed by atoms with Crippen LogP contribution in [0.15, 0.2) is 72.8 Å². The molecule has 0 unspecified atom stereocenters. The van der Waals surface area contributed by atoms with E-state index in [1.54, 1.807) is 0 Å². The van der Waals surface area contributed by atoms with Crippen LogP contribution in [0.4, 0.5) is 8.78 Å². The van der Waals surface area contributed by atoms with E-state index in [0.717, 1.165) is 120 Å². The molecule has 0 aliphatic carbocycles. The highest BCUT2D eigenvalue weighted by Crippen LogP contribution is 2.56. The van der Waals surface area contributed by atoms with Gasteiger partial charge in [0.25, 0.3) is 0 Å². The molecule has 0 saturated heterocycles. The van der Waals surface area contributed by atoms with Crippen molar-refractivity contribution in [3.05, 3.63) is 116 Å². The van der Waals surface area contributed by atoms with Gasteiger partial charge in [0, 0.05) is 119 Å². The Bertz CT molecular complexity index is 4610. The number of aryl methyl sites for hydroxylation is 4. The van der Waals surface area contributed by atoms with Gasteiger partial charge in [0.15, 0.2) is 0 Å². The second kappa shape index (κ2) is 39.2.